The maximum atomic E-state index is 6.52. The Hall–Kier alpha value is -17.3. The van der Waals surface area contributed by atoms with Crippen LogP contribution in [0.2, 0.25) is 0 Å². The van der Waals surface area contributed by atoms with E-state index in [9.17, 15) is 0 Å². The standard InChI is InChI=1S/2C44H27NOS.C44H27NS2/c1-3-11-29(12-4-1)34-17-9-18-36-41-33(16-10-20-40(41)47-44(34)36)30-23-21-28(22-24-30)31-25-26-39-37(27-31)42-43(46-39)35-15-7-8-19-38(35)45(42)32-13-5-2-6-14-32;1-3-10-28(11-4-1)32-23-25-41-37(26-32)35-16-9-15-34(44(35)47-41)30-20-18-29(19-21-30)31-22-24-40-38(27-31)42-43(46-40)36-14-7-8-17-39(36)45(42)33-12-5-2-6-13-33;1-3-9-28(10-4-1)32-19-22-35-36-23-20-33(27-42(36)46-41(35)26-32)30-17-15-29(16-18-30)31-21-24-40-38(25-31)43-44(47-40)37-13-7-8-14-39(37)45(43)34-11-5-2-6-12-34/h3*1-27H. The summed E-state index contributed by atoms with van der Waals surface area (Å²) < 4.78 is 30.8. The summed E-state index contributed by atoms with van der Waals surface area (Å²) in [5, 5.41) is 15.0. The van der Waals surface area contributed by atoms with Crippen LogP contribution in [0.5, 0.6) is 0 Å². The highest BCUT2D eigenvalue weighted by Crippen LogP contribution is 2.51. The fourth-order valence-electron chi connectivity index (χ4n) is 21.6. The van der Waals surface area contributed by atoms with Crippen molar-refractivity contribution in [3.05, 3.63) is 491 Å². The van der Waals surface area contributed by atoms with Gasteiger partial charge >= 0.3 is 0 Å². The largest absolute Gasteiger partial charge is 0.454 e. The quantitative estimate of drug-likeness (QED) is 0.122. The number of hydrogen-bond donors (Lipinski definition) is 0. The first kappa shape index (κ1) is 82.0. The summed E-state index contributed by atoms with van der Waals surface area (Å²) in [5.41, 5.74) is 36.4. The molecule has 9 heteroatoms. The predicted molar refractivity (Wildman–Crippen MR) is 605 cm³/mol. The molecule has 0 atom stereocenters. The molecular formula is C132H81N3O2S4. The molecule has 0 bridgehead atoms. The Kier molecular flexibility index (Phi) is 19.7. The number of para-hydroxylation sites is 6. The smallest absolute Gasteiger partial charge is 0.161 e. The van der Waals surface area contributed by atoms with Crippen molar-refractivity contribution in [2.24, 2.45) is 0 Å². The van der Waals surface area contributed by atoms with Gasteiger partial charge in [-0.1, -0.05) is 358 Å². The fraction of sp³-hybridized carbons (Fsp3) is 0. The third kappa shape index (κ3) is 14.0. The van der Waals surface area contributed by atoms with Crippen LogP contribution in [0.1, 0.15) is 0 Å². The summed E-state index contributed by atoms with van der Waals surface area (Å²) in [6.07, 6.45) is 0. The monoisotopic (exact) mass is 1870 g/mol. The number of hydrogen-bond acceptors (Lipinski definition) is 6. The molecule has 9 heterocycles. The molecule has 30 rings (SSSR count). The molecule has 141 heavy (non-hydrogen) atoms. The van der Waals surface area contributed by atoms with E-state index in [-0.39, 0.29) is 0 Å². The highest BCUT2D eigenvalue weighted by atomic mass is 32.1. The van der Waals surface area contributed by atoms with E-state index >= 15 is 0 Å². The molecular weight excluding hydrogens is 1790 g/mol. The van der Waals surface area contributed by atoms with Crippen LogP contribution in [0.25, 0.3) is 275 Å². The summed E-state index contributed by atoms with van der Waals surface area (Å²) in [7, 11) is 0. The molecule has 0 aliphatic heterocycles. The molecule has 0 aliphatic rings. The van der Waals surface area contributed by atoms with Crippen molar-refractivity contribution < 1.29 is 8.83 Å². The number of thiophene rings is 4. The topological polar surface area (TPSA) is 41.1 Å². The minimum Gasteiger partial charge on any atom is -0.454 e. The van der Waals surface area contributed by atoms with Crippen LogP contribution in [-0.2, 0) is 0 Å². The Morgan fingerprint density at radius 2 is 0.468 bits per heavy atom. The minimum atomic E-state index is 0.900. The van der Waals surface area contributed by atoms with E-state index in [0.29, 0.717) is 0 Å². The van der Waals surface area contributed by atoms with Crippen molar-refractivity contribution in [3.8, 4) is 117 Å². The maximum Gasteiger partial charge on any atom is 0.161 e. The molecule has 0 aliphatic carbocycles. The van der Waals surface area contributed by atoms with E-state index in [0.717, 1.165) is 77.3 Å². The van der Waals surface area contributed by atoms with Crippen LogP contribution in [0.15, 0.2) is 500 Å². The van der Waals surface area contributed by atoms with E-state index in [1.807, 2.05) is 45.3 Å². The van der Waals surface area contributed by atoms with Crippen LogP contribution in [0.3, 0.4) is 0 Å². The van der Waals surface area contributed by atoms with Crippen LogP contribution >= 0.6 is 45.3 Å². The van der Waals surface area contributed by atoms with Crippen LogP contribution in [-0.4, -0.2) is 13.7 Å². The van der Waals surface area contributed by atoms with E-state index in [1.54, 1.807) is 0 Å². The van der Waals surface area contributed by atoms with Gasteiger partial charge in [-0.2, -0.15) is 0 Å². The van der Waals surface area contributed by atoms with Gasteiger partial charge in [0, 0.05) is 115 Å². The number of nitrogens with zero attached hydrogens (tertiary/aromatic N) is 3. The molecule has 30 aromatic rings. The third-order valence-corrected chi connectivity index (χ3v) is 33.0. The first-order valence-electron chi connectivity index (χ1n) is 47.8. The van der Waals surface area contributed by atoms with Crippen molar-refractivity contribution in [1.82, 2.24) is 13.7 Å². The van der Waals surface area contributed by atoms with E-state index in [1.165, 1.54) is 198 Å². The van der Waals surface area contributed by atoms with Gasteiger partial charge in [0.05, 0.1) is 26.8 Å². The van der Waals surface area contributed by atoms with Gasteiger partial charge in [-0.15, -0.1) is 45.3 Å². The second kappa shape index (κ2) is 33.9. The molecule has 0 unspecified atom stereocenters. The summed E-state index contributed by atoms with van der Waals surface area (Å²) in [4.78, 5) is 0. The maximum absolute atomic E-state index is 6.52. The van der Waals surface area contributed by atoms with Gasteiger partial charge in [0.15, 0.2) is 11.2 Å². The predicted octanol–water partition coefficient (Wildman–Crippen LogP) is 39.2. The lowest BCUT2D eigenvalue weighted by Crippen LogP contribution is -1.92. The van der Waals surface area contributed by atoms with Crippen molar-refractivity contribution in [2.75, 3.05) is 0 Å². The van der Waals surface area contributed by atoms with Gasteiger partial charge < -0.3 is 22.5 Å². The van der Waals surface area contributed by atoms with Gasteiger partial charge in [-0.3, -0.25) is 0 Å². The second-order valence-corrected chi connectivity index (χ2v) is 40.6. The number of rotatable bonds is 12. The van der Waals surface area contributed by atoms with Gasteiger partial charge in [-0.25, -0.2) is 0 Å². The molecule has 0 radical (unpaired) electrons. The summed E-state index contributed by atoms with van der Waals surface area (Å²) >= 11 is 7.54. The number of furan rings is 2. The number of aromatic nitrogens is 3. The molecule has 0 saturated heterocycles. The SMILES string of the molecule is c1ccc(-c2ccc3c(c2)sc2cc(-c4ccc(-c5ccc6sc7c8ccccc8n(-c8ccccc8)c7c6c5)cc4)ccc23)cc1.c1ccc(-c2ccc3sc4c(-c5ccc(-c6ccc7oc8c9ccccc9n(-c9ccccc9)c8c7c6)cc5)cccc4c3c2)cc1.c1ccc(-c2cccc3c2sc2cccc(-c4ccc(-c5ccc6oc7c8ccccc8n(-c8ccccc8)c7c6c5)cc4)c23)cc1. The Labute approximate surface area is 827 Å². The summed E-state index contributed by atoms with van der Waals surface area (Å²) in [6, 6.07) is 178. The number of fused-ring (bicyclic) bond motifs is 24. The van der Waals surface area contributed by atoms with Gasteiger partial charge in [0.2, 0.25) is 0 Å². The molecule has 9 aromatic heterocycles. The van der Waals surface area contributed by atoms with E-state index in [4.69, 9.17) is 8.83 Å². The highest BCUT2D eigenvalue weighted by Gasteiger charge is 2.26. The second-order valence-electron chi connectivity index (χ2n) is 36.3. The van der Waals surface area contributed by atoms with Gasteiger partial charge in [0.1, 0.15) is 22.2 Å². The molecule has 660 valence electrons. The van der Waals surface area contributed by atoms with Crippen molar-refractivity contribution in [2.45, 2.75) is 0 Å². The lowest BCUT2D eigenvalue weighted by molar-refractivity contribution is 0.672. The lowest BCUT2D eigenvalue weighted by Gasteiger charge is -2.09. The van der Waals surface area contributed by atoms with E-state index in [2.05, 4.69) is 505 Å². The lowest BCUT2D eigenvalue weighted by atomic mass is 9.95. The summed E-state index contributed by atoms with van der Waals surface area (Å²) in [6.45, 7) is 0. The molecule has 0 fully saturated rings. The summed E-state index contributed by atoms with van der Waals surface area (Å²) in [5.74, 6) is 0. The average Bonchev–Trinajstić information content (AvgIpc) is 1.56. The van der Waals surface area contributed by atoms with Crippen molar-refractivity contribution in [3.63, 3.8) is 0 Å². The highest BCUT2D eigenvalue weighted by molar-refractivity contribution is 7.27. The first-order chi connectivity index (χ1) is 69.9. The Morgan fingerprint density at radius 1 is 0.156 bits per heavy atom. The van der Waals surface area contributed by atoms with Crippen molar-refractivity contribution in [1.29, 1.82) is 0 Å². The van der Waals surface area contributed by atoms with Crippen LogP contribution in [0, 0.1) is 0 Å². The molecule has 0 amide bonds. The fourth-order valence-corrected chi connectivity index (χ4v) is 26.4. The van der Waals surface area contributed by atoms with E-state index < -0.39 is 0 Å². The van der Waals surface area contributed by atoms with Gasteiger partial charge in [-0.05, 0) is 234 Å². The Bertz CT molecular complexity index is 10100. The Balaban J connectivity index is 0.000000104. The normalized spacial score (nSPS) is 11.8. The molecule has 5 nitrogen and oxygen atoms in total. The van der Waals surface area contributed by atoms with Gasteiger partial charge in [0.25, 0.3) is 0 Å². The zero-order valence-corrected chi connectivity index (χ0v) is 79.3. The first-order valence-corrected chi connectivity index (χ1v) is 51.0. The van der Waals surface area contributed by atoms with Crippen LogP contribution in [0.4, 0.5) is 0 Å². The Morgan fingerprint density at radius 3 is 0.957 bits per heavy atom. The molecule has 0 saturated carbocycles. The van der Waals surface area contributed by atoms with Crippen molar-refractivity contribution >= 4 is 203 Å². The molecule has 21 aromatic carbocycles. The molecule has 0 spiro atoms. The zero-order chi connectivity index (χ0) is 92.7. The van der Waals surface area contributed by atoms with Crippen LogP contribution < -0.4 is 0 Å². The number of benzene rings is 21. The minimum absolute atomic E-state index is 0.900. The average molecular weight is 1870 g/mol. The third-order valence-electron chi connectivity index (χ3n) is 28.3. The molecule has 0 N–H and O–H groups in total. The zero-order valence-electron chi connectivity index (χ0n) is 76.1.